The van der Waals surface area contributed by atoms with Gasteiger partial charge in [-0.05, 0) is 55.5 Å². The zero-order valence-electron chi connectivity index (χ0n) is 16.4. The molecule has 2 aromatic heterocycles. The molecule has 2 aliphatic rings. The fraction of sp³-hybridized carbons (Fsp3) is 0.409. The SMILES string of the molecule is CC(=O)N1CCN(c2nc(-c3ccc(Cl)cc3)nc3sc4c(c23)CCCC4)CC1. The number of hydrogen-bond donors (Lipinski definition) is 0. The summed E-state index contributed by atoms with van der Waals surface area (Å²) < 4.78 is 0. The van der Waals surface area contributed by atoms with Gasteiger partial charge in [0.15, 0.2) is 5.82 Å². The zero-order chi connectivity index (χ0) is 20.0. The molecule has 0 saturated carbocycles. The Morgan fingerprint density at radius 3 is 2.48 bits per heavy atom. The number of piperazine rings is 1. The molecule has 1 fully saturated rings. The largest absolute Gasteiger partial charge is 0.352 e. The van der Waals surface area contributed by atoms with E-state index in [0.29, 0.717) is 5.02 Å². The molecule has 3 aromatic rings. The van der Waals surface area contributed by atoms with Crippen LogP contribution in [0.1, 0.15) is 30.2 Å². The maximum Gasteiger partial charge on any atom is 0.219 e. The van der Waals surface area contributed by atoms with Gasteiger partial charge in [-0.2, -0.15) is 0 Å². The minimum Gasteiger partial charge on any atom is -0.352 e. The highest BCUT2D eigenvalue weighted by Gasteiger charge is 2.26. The van der Waals surface area contributed by atoms with E-state index in [-0.39, 0.29) is 5.91 Å². The predicted octanol–water partition coefficient (Wildman–Crippen LogP) is 4.56. The van der Waals surface area contributed by atoms with Gasteiger partial charge < -0.3 is 9.80 Å². The monoisotopic (exact) mass is 426 g/mol. The number of carbonyl (C=O) groups excluding carboxylic acids is 1. The molecule has 0 N–H and O–H groups in total. The van der Waals surface area contributed by atoms with Gasteiger partial charge in [0.1, 0.15) is 10.6 Å². The first-order valence-corrected chi connectivity index (χ1v) is 11.4. The third-order valence-corrected chi connectivity index (χ3v) is 7.36. The summed E-state index contributed by atoms with van der Waals surface area (Å²) >= 11 is 7.90. The lowest BCUT2D eigenvalue weighted by Gasteiger charge is -2.35. The highest BCUT2D eigenvalue weighted by molar-refractivity contribution is 7.19. The van der Waals surface area contributed by atoms with Gasteiger partial charge in [0.2, 0.25) is 5.91 Å². The maximum atomic E-state index is 11.7. The minimum atomic E-state index is 0.146. The first kappa shape index (κ1) is 18.8. The van der Waals surface area contributed by atoms with Crippen LogP contribution in [0.3, 0.4) is 0 Å². The van der Waals surface area contributed by atoms with Gasteiger partial charge in [-0.25, -0.2) is 9.97 Å². The summed E-state index contributed by atoms with van der Waals surface area (Å²) in [5, 5.41) is 1.95. The van der Waals surface area contributed by atoms with Crippen molar-refractivity contribution in [1.29, 1.82) is 0 Å². The molecule has 0 spiro atoms. The second-order valence-electron chi connectivity index (χ2n) is 7.76. The lowest BCUT2D eigenvalue weighted by Crippen LogP contribution is -2.48. The number of rotatable bonds is 2. The fourth-order valence-electron chi connectivity index (χ4n) is 4.33. The van der Waals surface area contributed by atoms with Crippen LogP contribution in [0.15, 0.2) is 24.3 Å². The van der Waals surface area contributed by atoms with Crippen molar-refractivity contribution in [3.8, 4) is 11.4 Å². The van der Waals surface area contributed by atoms with E-state index in [4.69, 9.17) is 21.6 Å². The Kier molecular flexibility index (Phi) is 4.92. The van der Waals surface area contributed by atoms with Crippen LogP contribution >= 0.6 is 22.9 Å². The van der Waals surface area contributed by atoms with Gasteiger partial charge in [-0.3, -0.25) is 4.79 Å². The molecule has 1 aromatic carbocycles. The summed E-state index contributed by atoms with van der Waals surface area (Å²) in [7, 11) is 0. The third-order valence-electron chi connectivity index (χ3n) is 5.92. The number of halogens is 1. The molecule has 0 atom stereocenters. The number of aryl methyl sites for hydroxylation is 2. The van der Waals surface area contributed by atoms with E-state index in [1.807, 2.05) is 40.5 Å². The molecular weight excluding hydrogens is 404 g/mol. The lowest BCUT2D eigenvalue weighted by atomic mass is 9.96. The molecule has 7 heteroatoms. The number of anilines is 1. The summed E-state index contributed by atoms with van der Waals surface area (Å²) in [4.78, 5) is 28.6. The summed E-state index contributed by atoms with van der Waals surface area (Å²) in [6.07, 6.45) is 4.74. The topological polar surface area (TPSA) is 49.3 Å². The van der Waals surface area contributed by atoms with Gasteiger partial charge in [-0.15, -0.1) is 11.3 Å². The minimum absolute atomic E-state index is 0.146. The Balaban J connectivity index is 1.62. The molecule has 5 nitrogen and oxygen atoms in total. The second kappa shape index (κ2) is 7.58. The van der Waals surface area contributed by atoms with Gasteiger partial charge in [0, 0.05) is 48.6 Å². The van der Waals surface area contributed by atoms with Crippen LogP contribution in [0, 0.1) is 0 Å². The Morgan fingerprint density at radius 2 is 1.76 bits per heavy atom. The fourth-order valence-corrected chi connectivity index (χ4v) is 5.71. The van der Waals surface area contributed by atoms with Crippen molar-refractivity contribution in [1.82, 2.24) is 14.9 Å². The van der Waals surface area contributed by atoms with E-state index in [2.05, 4.69) is 4.90 Å². The quantitative estimate of drug-likeness (QED) is 0.602. The average Bonchev–Trinajstić information content (AvgIpc) is 3.12. The van der Waals surface area contributed by atoms with Gasteiger partial charge in [0.05, 0.1) is 5.39 Å². The molecule has 0 bridgehead atoms. The molecule has 3 heterocycles. The van der Waals surface area contributed by atoms with E-state index in [0.717, 1.165) is 61.1 Å². The second-order valence-corrected chi connectivity index (χ2v) is 9.28. The van der Waals surface area contributed by atoms with E-state index in [1.54, 1.807) is 6.92 Å². The number of fused-ring (bicyclic) bond motifs is 3. The molecule has 1 amide bonds. The number of hydrogen-bond acceptors (Lipinski definition) is 5. The van der Waals surface area contributed by atoms with Crippen LogP contribution in [0.25, 0.3) is 21.6 Å². The Morgan fingerprint density at radius 1 is 1.03 bits per heavy atom. The normalized spacial score (nSPS) is 16.9. The Hall–Kier alpha value is -2.18. The lowest BCUT2D eigenvalue weighted by molar-refractivity contribution is -0.129. The van der Waals surface area contributed by atoms with E-state index in [1.165, 1.54) is 28.7 Å². The van der Waals surface area contributed by atoms with Crippen LogP contribution < -0.4 is 4.90 Å². The van der Waals surface area contributed by atoms with E-state index >= 15 is 0 Å². The zero-order valence-corrected chi connectivity index (χ0v) is 18.0. The summed E-state index contributed by atoms with van der Waals surface area (Å²) in [5.41, 5.74) is 2.43. The highest BCUT2D eigenvalue weighted by Crippen LogP contribution is 2.41. The molecule has 0 radical (unpaired) electrons. The molecule has 1 aliphatic heterocycles. The third kappa shape index (κ3) is 3.49. The van der Waals surface area contributed by atoms with Gasteiger partial charge >= 0.3 is 0 Å². The van der Waals surface area contributed by atoms with E-state index < -0.39 is 0 Å². The van der Waals surface area contributed by atoms with Crippen molar-refractivity contribution in [2.24, 2.45) is 0 Å². The molecule has 1 saturated heterocycles. The predicted molar refractivity (Wildman–Crippen MR) is 119 cm³/mol. The summed E-state index contributed by atoms with van der Waals surface area (Å²) in [6, 6.07) is 7.73. The van der Waals surface area contributed by atoms with Crippen LogP contribution in [0.4, 0.5) is 5.82 Å². The van der Waals surface area contributed by atoms with Crippen molar-refractivity contribution in [2.45, 2.75) is 32.6 Å². The van der Waals surface area contributed by atoms with Crippen molar-refractivity contribution < 1.29 is 4.79 Å². The average molecular weight is 427 g/mol. The van der Waals surface area contributed by atoms with Crippen LogP contribution in [0.5, 0.6) is 0 Å². The molecular formula is C22H23ClN4OS. The summed E-state index contributed by atoms with van der Waals surface area (Å²) in [5.74, 6) is 1.92. The van der Waals surface area contributed by atoms with Crippen molar-refractivity contribution in [3.05, 3.63) is 39.7 Å². The smallest absolute Gasteiger partial charge is 0.219 e. The summed E-state index contributed by atoms with van der Waals surface area (Å²) in [6.45, 7) is 4.73. The number of aromatic nitrogens is 2. The molecule has 29 heavy (non-hydrogen) atoms. The van der Waals surface area contributed by atoms with Crippen molar-refractivity contribution >= 4 is 44.9 Å². The number of amides is 1. The molecule has 150 valence electrons. The van der Waals surface area contributed by atoms with Gasteiger partial charge in [-0.1, -0.05) is 11.6 Å². The molecule has 0 unspecified atom stereocenters. The van der Waals surface area contributed by atoms with Crippen molar-refractivity contribution in [2.75, 3.05) is 31.1 Å². The van der Waals surface area contributed by atoms with E-state index in [9.17, 15) is 4.79 Å². The first-order valence-electron chi connectivity index (χ1n) is 10.2. The number of nitrogens with zero attached hydrogens (tertiary/aromatic N) is 4. The molecule has 5 rings (SSSR count). The van der Waals surface area contributed by atoms with Crippen LogP contribution in [0.2, 0.25) is 5.02 Å². The Bertz CT molecular complexity index is 1070. The van der Waals surface area contributed by atoms with Crippen molar-refractivity contribution in [3.63, 3.8) is 0 Å². The highest BCUT2D eigenvalue weighted by atomic mass is 35.5. The Labute approximate surface area is 179 Å². The standard InChI is InChI=1S/C22H23ClN4OS/c1-14(28)26-10-12-27(13-11-26)21-19-17-4-2-3-5-18(17)29-22(19)25-20(24-21)15-6-8-16(23)9-7-15/h6-9H,2-5,10-13H2,1H3. The number of benzene rings is 1. The maximum absolute atomic E-state index is 11.7. The van der Waals surface area contributed by atoms with Crippen LogP contribution in [-0.2, 0) is 17.6 Å². The molecule has 1 aliphatic carbocycles. The number of carbonyl (C=O) groups is 1. The van der Waals surface area contributed by atoms with Gasteiger partial charge in [0.25, 0.3) is 0 Å². The number of thiophene rings is 1. The van der Waals surface area contributed by atoms with Crippen LogP contribution in [-0.4, -0.2) is 47.0 Å². The first-order chi connectivity index (χ1) is 14.1.